The van der Waals surface area contributed by atoms with Gasteiger partial charge in [0.05, 0.1) is 5.92 Å². The van der Waals surface area contributed by atoms with Crippen LogP contribution in [0.3, 0.4) is 0 Å². The van der Waals surface area contributed by atoms with E-state index in [2.05, 4.69) is 5.32 Å². The van der Waals surface area contributed by atoms with E-state index in [-0.39, 0.29) is 17.7 Å². The first-order valence-corrected chi connectivity index (χ1v) is 7.20. The standard InChI is InChI=1S/C16H13Cl2NO/c17-11-5-3-4-10(8-11)15-13(9-19-16(15)20)12-6-1-2-7-14(12)18/h1-8,13,15H,9H2,(H,19,20)/t13-,15-/m0/s1. The average molecular weight is 306 g/mol. The highest BCUT2D eigenvalue weighted by Crippen LogP contribution is 2.39. The Morgan fingerprint density at radius 1 is 1.05 bits per heavy atom. The Morgan fingerprint density at radius 2 is 1.85 bits per heavy atom. The number of hydrogen-bond donors (Lipinski definition) is 1. The summed E-state index contributed by atoms with van der Waals surface area (Å²) in [7, 11) is 0. The van der Waals surface area contributed by atoms with Gasteiger partial charge in [-0.05, 0) is 29.3 Å². The van der Waals surface area contributed by atoms with Crippen molar-refractivity contribution in [1.82, 2.24) is 5.32 Å². The first kappa shape index (κ1) is 13.5. The lowest BCUT2D eigenvalue weighted by Gasteiger charge is -2.18. The van der Waals surface area contributed by atoms with Crippen LogP contribution in [-0.4, -0.2) is 12.5 Å². The van der Waals surface area contributed by atoms with Gasteiger partial charge in [0.2, 0.25) is 5.91 Å². The normalized spacial score (nSPS) is 21.8. The molecule has 2 nitrogen and oxygen atoms in total. The number of amides is 1. The van der Waals surface area contributed by atoms with E-state index in [0.29, 0.717) is 16.6 Å². The molecule has 2 atom stereocenters. The lowest BCUT2D eigenvalue weighted by molar-refractivity contribution is -0.120. The summed E-state index contributed by atoms with van der Waals surface area (Å²) in [4.78, 5) is 12.2. The topological polar surface area (TPSA) is 29.1 Å². The molecule has 1 heterocycles. The number of rotatable bonds is 2. The van der Waals surface area contributed by atoms with Crippen LogP contribution in [0.25, 0.3) is 0 Å². The van der Waals surface area contributed by atoms with Crippen molar-refractivity contribution in [2.75, 3.05) is 6.54 Å². The van der Waals surface area contributed by atoms with Crippen LogP contribution in [0, 0.1) is 0 Å². The molecule has 1 amide bonds. The molecule has 1 aliphatic rings. The predicted molar refractivity (Wildman–Crippen MR) is 81.4 cm³/mol. The molecule has 0 bridgehead atoms. The van der Waals surface area contributed by atoms with Gasteiger partial charge >= 0.3 is 0 Å². The molecule has 0 unspecified atom stereocenters. The highest BCUT2D eigenvalue weighted by atomic mass is 35.5. The summed E-state index contributed by atoms with van der Waals surface area (Å²) in [6.07, 6.45) is 0. The van der Waals surface area contributed by atoms with Crippen molar-refractivity contribution in [3.63, 3.8) is 0 Å². The van der Waals surface area contributed by atoms with Crippen molar-refractivity contribution in [2.45, 2.75) is 11.8 Å². The number of nitrogens with one attached hydrogen (secondary N) is 1. The van der Waals surface area contributed by atoms with E-state index in [0.717, 1.165) is 11.1 Å². The van der Waals surface area contributed by atoms with Gasteiger partial charge in [-0.2, -0.15) is 0 Å². The summed E-state index contributed by atoms with van der Waals surface area (Å²) in [5.41, 5.74) is 1.93. The number of carbonyl (C=O) groups is 1. The molecule has 0 aliphatic carbocycles. The van der Waals surface area contributed by atoms with Crippen LogP contribution in [0.1, 0.15) is 23.0 Å². The number of carbonyl (C=O) groups excluding carboxylic acids is 1. The maximum atomic E-state index is 12.2. The fraction of sp³-hybridized carbons (Fsp3) is 0.188. The Kier molecular flexibility index (Phi) is 3.68. The van der Waals surface area contributed by atoms with Gasteiger partial charge in [0.15, 0.2) is 0 Å². The van der Waals surface area contributed by atoms with Crippen LogP contribution in [0.2, 0.25) is 10.0 Å². The molecule has 20 heavy (non-hydrogen) atoms. The zero-order valence-electron chi connectivity index (χ0n) is 10.6. The maximum Gasteiger partial charge on any atom is 0.228 e. The summed E-state index contributed by atoms with van der Waals surface area (Å²) in [6, 6.07) is 15.1. The molecule has 0 spiro atoms. The average Bonchev–Trinajstić information content (AvgIpc) is 2.81. The van der Waals surface area contributed by atoms with Crippen LogP contribution in [0.4, 0.5) is 0 Å². The second kappa shape index (κ2) is 5.47. The predicted octanol–water partition coefficient (Wildman–Crippen LogP) is 3.99. The Bertz CT molecular complexity index is 656. The van der Waals surface area contributed by atoms with Gasteiger partial charge < -0.3 is 5.32 Å². The van der Waals surface area contributed by atoms with E-state index < -0.39 is 0 Å². The van der Waals surface area contributed by atoms with E-state index >= 15 is 0 Å². The van der Waals surface area contributed by atoms with Gasteiger partial charge in [-0.3, -0.25) is 4.79 Å². The van der Waals surface area contributed by atoms with Crippen LogP contribution in [-0.2, 0) is 4.79 Å². The largest absolute Gasteiger partial charge is 0.355 e. The molecule has 4 heteroatoms. The highest BCUT2D eigenvalue weighted by molar-refractivity contribution is 6.31. The monoisotopic (exact) mass is 305 g/mol. The van der Waals surface area contributed by atoms with Crippen molar-refractivity contribution in [3.8, 4) is 0 Å². The van der Waals surface area contributed by atoms with Crippen molar-refractivity contribution in [2.24, 2.45) is 0 Å². The lowest BCUT2D eigenvalue weighted by Crippen LogP contribution is -2.18. The van der Waals surface area contributed by atoms with Crippen molar-refractivity contribution < 1.29 is 4.79 Å². The van der Waals surface area contributed by atoms with Crippen molar-refractivity contribution in [1.29, 1.82) is 0 Å². The summed E-state index contributed by atoms with van der Waals surface area (Å²) in [5, 5.41) is 4.26. The van der Waals surface area contributed by atoms with E-state index in [9.17, 15) is 4.79 Å². The molecule has 0 aromatic heterocycles. The third-order valence-corrected chi connectivity index (χ3v) is 4.27. The molecule has 1 fully saturated rings. The molecule has 1 saturated heterocycles. The molecule has 3 rings (SSSR count). The van der Waals surface area contributed by atoms with Crippen LogP contribution in [0.15, 0.2) is 48.5 Å². The lowest BCUT2D eigenvalue weighted by atomic mass is 9.84. The third kappa shape index (κ3) is 2.41. The van der Waals surface area contributed by atoms with E-state index in [4.69, 9.17) is 23.2 Å². The Labute approximate surface area is 127 Å². The van der Waals surface area contributed by atoms with Crippen molar-refractivity contribution in [3.05, 3.63) is 69.7 Å². The van der Waals surface area contributed by atoms with Gasteiger partial charge in [-0.15, -0.1) is 0 Å². The molecule has 0 radical (unpaired) electrons. The molecule has 102 valence electrons. The van der Waals surface area contributed by atoms with Gasteiger partial charge in [-0.1, -0.05) is 53.5 Å². The molecular weight excluding hydrogens is 293 g/mol. The second-order valence-corrected chi connectivity index (χ2v) is 5.75. The molecule has 2 aromatic carbocycles. The highest BCUT2D eigenvalue weighted by Gasteiger charge is 2.37. The number of hydrogen-bond acceptors (Lipinski definition) is 1. The van der Waals surface area contributed by atoms with Crippen LogP contribution < -0.4 is 5.32 Å². The van der Waals surface area contributed by atoms with Gasteiger partial charge in [0.25, 0.3) is 0 Å². The first-order chi connectivity index (χ1) is 9.66. The van der Waals surface area contributed by atoms with Crippen LogP contribution >= 0.6 is 23.2 Å². The zero-order valence-corrected chi connectivity index (χ0v) is 12.2. The molecular formula is C16H13Cl2NO. The van der Waals surface area contributed by atoms with Gasteiger partial charge in [-0.25, -0.2) is 0 Å². The van der Waals surface area contributed by atoms with Crippen LogP contribution in [0.5, 0.6) is 0 Å². The molecule has 2 aromatic rings. The molecule has 1 N–H and O–H groups in total. The fourth-order valence-corrected chi connectivity index (χ4v) is 3.24. The quantitative estimate of drug-likeness (QED) is 0.893. The summed E-state index contributed by atoms with van der Waals surface area (Å²) in [6.45, 7) is 0.597. The maximum absolute atomic E-state index is 12.2. The summed E-state index contributed by atoms with van der Waals surface area (Å²) >= 11 is 12.3. The van der Waals surface area contributed by atoms with Crippen molar-refractivity contribution >= 4 is 29.1 Å². The Hall–Kier alpha value is -1.51. The van der Waals surface area contributed by atoms with E-state index in [1.807, 2.05) is 48.5 Å². The van der Waals surface area contributed by atoms with Gasteiger partial charge in [0.1, 0.15) is 0 Å². The summed E-state index contributed by atoms with van der Waals surface area (Å²) in [5.74, 6) is -0.180. The Morgan fingerprint density at radius 3 is 2.60 bits per heavy atom. The number of benzene rings is 2. The SMILES string of the molecule is O=C1NC[C@@H](c2ccccc2Cl)[C@@H]1c1cccc(Cl)c1. The van der Waals surface area contributed by atoms with E-state index in [1.54, 1.807) is 0 Å². The summed E-state index contributed by atoms with van der Waals surface area (Å²) < 4.78 is 0. The smallest absolute Gasteiger partial charge is 0.228 e. The van der Waals surface area contributed by atoms with Gasteiger partial charge in [0, 0.05) is 22.5 Å². The zero-order chi connectivity index (χ0) is 14.1. The first-order valence-electron chi connectivity index (χ1n) is 6.44. The number of halogens is 2. The minimum Gasteiger partial charge on any atom is -0.355 e. The fourth-order valence-electron chi connectivity index (χ4n) is 2.77. The second-order valence-electron chi connectivity index (χ2n) is 4.91. The molecule has 1 aliphatic heterocycles. The minimum absolute atomic E-state index is 0.0252. The van der Waals surface area contributed by atoms with E-state index in [1.165, 1.54) is 0 Å². The minimum atomic E-state index is -0.242. The molecule has 0 saturated carbocycles. The Balaban J connectivity index is 2.03. The third-order valence-electron chi connectivity index (χ3n) is 3.69.